The first-order valence-corrected chi connectivity index (χ1v) is 4.86. The Morgan fingerprint density at radius 1 is 1.29 bits per heavy atom. The highest BCUT2D eigenvalue weighted by Gasteiger charge is 2.41. The predicted octanol–water partition coefficient (Wildman–Crippen LogP) is 2.42. The number of fused-ring (bicyclic) bond motifs is 1. The quantitative estimate of drug-likeness (QED) is 0.624. The van der Waals surface area contributed by atoms with Crippen molar-refractivity contribution in [2.75, 3.05) is 7.05 Å². The maximum atomic E-state index is 9.43. The van der Waals surface area contributed by atoms with Crippen molar-refractivity contribution in [2.45, 2.75) is 26.2 Å². The maximum Gasteiger partial charge on any atom is 0.212 e. The van der Waals surface area contributed by atoms with Crippen LogP contribution in [0.25, 0.3) is 0 Å². The molecular weight excluding hydrogens is 174 g/mol. The highest BCUT2D eigenvalue weighted by atomic mass is 16.3. The van der Waals surface area contributed by atoms with Crippen molar-refractivity contribution < 1.29 is 9.68 Å². The fraction of sp³-hybridized carbons (Fsp3) is 0.417. The molecule has 1 aliphatic heterocycles. The third-order valence-corrected chi connectivity index (χ3v) is 3.42. The van der Waals surface area contributed by atoms with Crippen LogP contribution in [0.15, 0.2) is 18.2 Å². The standard InChI is InChI=1S/C12H15NO/c1-8-12(2,3)10-6-5-9(14)7-11(10)13(8)4/h5-7H,1-4H3/p+1. The van der Waals surface area contributed by atoms with E-state index in [1.807, 2.05) is 19.2 Å². The van der Waals surface area contributed by atoms with E-state index in [2.05, 4.69) is 25.3 Å². The van der Waals surface area contributed by atoms with Gasteiger partial charge >= 0.3 is 0 Å². The van der Waals surface area contributed by atoms with E-state index in [9.17, 15) is 5.11 Å². The normalized spacial score (nSPS) is 18.6. The van der Waals surface area contributed by atoms with Gasteiger partial charge in [0.25, 0.3) is 0 Å². The van der Waals surface area contributed by atoms with Crippen molar-refractivity contribution in [3.63, 3.8) is 0 Å². The summed E-state index contributed by atoms with van der Waals surface area (Å²) in [6, 6.07) is 5.60. The third kappa shape index (κ3) is 0.999. The van der Waals surface area contributed by atoms with E-state index in [0.29, 0.717) is 5.75 Å². The van der Waals surface area contributed by atoms with Crippen molar-refractivity contribution in [1.82, 2.24) is 0 Å². The fourth-order valence-corrected chi connectivity index (χ4v) is 2.12. The van der Waals surface area contributed by atoms with Gasteiger partial charge in [-0.25, -0.2) is 4.58 Å². The molecule has 0 amide bonds. The summed E-state index contributed by atoms with van der Waals surface area (Å²) < 4.78 is 2.15. The molecule has 1 aromatic carbocycles. The molecule has 0 saturated carbocycles. The highest BCUT2D eigenvalue weighted by Crippen LogP contribution is 2.40. The first-order valence-electron chi connectivity index (χ1n) is 4.86. The van der Waals surface area contributed by atoms with E-state index < -0.39 is 0 Å². The number of phenols is 1. The van der Waals surface area contributed by atoms with Crippen molar-refractivity contribution >= 4 is 11.4 Å². The molecule has 1 heterocycles. The Hall–Kier alpha value is -1.31. The van der Waals surface area contributed by atoms with Crippen LogP contribution in [-0.2, 0) is 5.41 Å². The largest absolute Gasteiger partial charge is 0.508 e. The van der Waals surface area contributed by atoms with Gasteiger partial charge in [0.2, 0.25) is 5.69 Å². The predicted molar refractivity (Wildman–Crippen MR) is 57.7 cm³/mol. The zero-order valence-corrected chi connectivity index (χ0v) is 9.13. The molecule has 1 aliphatic rings. The van der Waals surface area contributed by atoms with E-state index in [4.69, 9.17) is 0 Å². The maximum absolute atomic E-state index is 9.43. The van der Waals surface area contributed by atoms with E-state index in [-0.39, 0.29) is 5.41 Å². The molecular formula is C12H16NO+. The van der Waals surface area contributed by atoms with Gasteiger partial charge in [-0.3, -0.25) is 0 Å². The Morgan fingerprint density at radius 2 is 1.93 bits per heavy atom. The number of nitrogens with zero attached hydrogens (tertiary/aromatic N) is 1. The second-order valence-corrected chi connectivity index (χ2v) is 4.47. The molecule has 0 aliphatic carbocycles. The third-order valence-electron chi connectivity index (χ3n) is 3.42. The Labute approximate surface area is 84.5 Å². The number of aromatic hydroxyl groups is 1. The molecule has 1 N–H and O–H groups in total. The van der Waals surface area contributed by atoms with Gasteiger partial charge in [-0.2, -0.15) is 0 Å². The summed E-state index contributed by atoms with van der Waals surface area (Å²) in [4.78, 5) is 0. The van der Waals surface area contributed by atoms with Crippen LogP contribution < -0.4 is 0 Å². The molecule has 2 nitrogen and oxygen atoms in total. The zero-order chi connectivity index (χ0) is 10.5. The van der Waals surface area contributed by atoms with Crippen LogP contribution in [-0.4, -0.2) is 22.4 Å². The molecule has 0 atom stereocenters. The summed E-state index contributed by atoms with van der Waals surface area (Å²) in [5, 5.41) is 9.43. The van der Waals surface area contributed by atoms with Crippen LogP contribution in [0.4, 0.5) is 5.69 Å². The lowest BCUT2D eigenvalue weighted by molar-refractivity contribution is -0.403. The molecule has 0 spiro atoms. The topological polar surface area (TPSA) is 23.2 Å². The number of benzene rings is 1. The fourth-order valence-electron chi connectivity index (χ4n) is 2.12. The molecule has 0 bridgehead atoms. The first kappa shape index (κ1) is 9.25. The van der Waals surface area contributed by atoms with Crippen LogP contribution in [0.2, 0.25) is 0 Å². The van der Waals surface area contributed by atoms with E-state index in [1.54, 1.807) is 6.07 Å². The van der Waals surface area contributed by atoms with Crippen LogP contribution in [0.1, 0.15) is 26.3 Å². The van der Waals surface area contributed by atoms with Gasteiger partial charge in [0.15, 0.2) is 5.71 Å². The number of phenolic OH excluding ortho intramolecular Hbond substituents is 1. The van der Waals surface area contributed by atoms with Crippen LogP contribution in [0.3, 0.4) is 0 Å². The van der Waals surface area contributed by atoms with Crippen molar-refractivity contribution in [3.05, 3.63) is 23.8 Å². The molecule has 0 aromatic heterocycles. The molecule has 74 valence electrons. The number of rotatable bonds is 0. The number of hydrogen-bond acceptors (Lipinski definition) is 1. The second-order valence-electron chi connectivity index (χ2n) is 4.47. The van der Waals surface area contributed by atoms with Gasteiger partial charge in [0, 0.05) is 12.5 Å². The summed E-state index contributed by atoms with van der Waals surface area (Å²) >= 11 is 0. The zero-order valence-electron chi connectivity index (χ0n) is 9.13. The van der Waals surface area contributed by atoms with E-state index in [0.717, 1.165) is 5.69 Å². The van der Waals surface area contributed by atoms with Crippen LogP contribution in [0, 0.1) is 0 Å². The minimum atomic E-state index is 0.0811. The minimum Gasteiger partial charge on any atom is -0.508 e. The van der Waals surface area contributed by atoms with Gasteiger partial charge in [-0.05, 0) is 26.0 Å². The van der Waals surface area contributed by atoms with Gasteiger partial charge in [0.05, 0.1) is 11.5 Å². The molecule has 0 radical (unpaired) electrons. The molecule has 0 fully saturated rings. The van der Waals surface area contributed by atoms with E-state index in [1.165, 1.54) is 11.3 Å². The molecule has 2 rings (SSSR count). The summed E-state index contributed by atoms with van der Waals surface area (Å²) in [5.74, 6) is 0.334. The minimum absolute atomic E-state index is 0.0811. The number of hydrogen-bond donors (Lipinski definition) is 1. The Balaban J connectivity index is 2.73. The summed E-state index contributed by atoms with van der Waals surface area (Å²) in [5.41, 5.74) is 3.80. The van der Waals surface area contributed by atoms with Crippen LogP contribution in [0.5, 0.6) is 5.75 Å². The van der Waals surface area contributed by atoms with Crippen molar-refractivity contribution in [2.24, 2.45) is 0 Å². The Morgan fingerprint density at radius 3 is 2.57 bits per heavy atom. The van der Waals surface area contributed by atoms with Crippen molar-refractivity contribution in [1.29, 1.82) is 0 Å². The van der Waals surface area contributed by atoms with Gasteiger partial charge in [-0.1, -0.05) is 0 Å². The molecule has 0 unspecified atom stereocenters. The molecule has 14 heavy (non-hydrogen) atoms. The second kappa shape index (κ2) is 2.59. The first-order chi connectivity index (χ1) is 6.44. The van der Waals surface area contributed by atoms with Gasteiger partial charge in [0.1, 0.15) is 12.8 Å². The smallest absolute Gasteiger partial charge is 0.212 e. The van der Waals surface area contributed by atoms with E-state index >= 15 is 0 Å². The average Bonchev–Trinajstić information content (AvgIpc) is 2.28. The Bertz CT molecular complexity index is 430. The lowest BCUT2D eigenvalue weighted by Crippen LogP contribution is -2.25. The Kier molecular flexibility index (Phi) is 1.71. The highest BCUT2D eigenvalue weighted by molar-refractivity contribution is 5.93. The van der Waals surface area contributed by atoms with Crippen molar-refractivity contribution in [3.8, 4) is 5.75 Å². The lowest BCUT2D eigenvalue weighted by Gasteiger charge is -2.14. The SMILES string of the molecule is CC1=[N+](C)c2cc(O)ccc2C1(C)C. The monoisotopic (exact) mass is 190 g/mol. The summed E-state index contributed by atoms with van der Waals surface area (Å²) in [6.45, 7) is 6.56. The molecule has 2 heteroatoms. The van der Waals surface area contributed by atoms with Gasteiger partial charge < -0.3 is 5.11 Å². The van der Waals surface area contributed by atoms with Gasteiger partial charge in [-0.15, -0.1) is 0 Å². The van der Waals surface area contributed by atoms with Crippen LogP contribution >= 0.6 is 0 Å². The average molecular weight is 190 g/mol. The lowest BCUT2D eigenvalue weighted by atomic mass is 9.82. The summed E-state index contributed by atoms with van der Waals surface area (Å²) in [6.07, 6.45) is 0. The molecule has 0 saturated heterocycles. The summed E-state index contributed by atoms with van der Waals surface area (Å²) in [7, 11) is 2.04. The molecule has 1 aromatic rings.